The van der Waals surface area contributed by atoms with E-state index in [-0.39, 0.29) is 40.2 Å². The van der Waals surface area contributed by atoms with Crippen molar-refractivity contribution >= 4 is 0 Å². The van der Waals surface area contributed by atoms with Crippen molar-refractivity contribution in [2.45, 2.75) is 88.6 Å². The molecule has 0 unspecified atom stereocenters. The summed E-state index contributed by atoms with van der Waals surface area (Å²) in [5.41, 5.74) is 0.271. The Bertz CT molecular complexity index is 875. The number of ether oxygens (including phenoxy) is 1. The molecule has 5 fully saturated rings. The highest BCUT2D eigenvalue weighted by Gasteiger charge is 2.82. The van der Waals surface area contributed by atoms with Crippen molar-refractivity contribution in [3.05, 3.63) is 34.4 Å². The van der Waals surface area contributed by atoms with Gasteiger partial charge in [-0.25, -0.2) is 4.79 Å². The minimum atomic E-state index is -0.435. The summed E-state index contributed by atoms with van der Waals surface area (Å²) in [4.78, 5) is 11.5. The van der Waals surface area contributed by atoms with E-state index in [4.69, 9.17) is 9.15 Å². The maximum absolute atomic E-state index is 11.6. The number of hydrogen-bond acceptors (Lipinski definition) is 5. The van der Waals surface area contributed by atoms with E-state index in [1.165, 1.54) is 6.07 Å². The van der Waals surface area contributed by atoms with Crippen LogP contribution in [0.4, 0.5) is 0 Å². The molecule has 2 N–H and O–H groups in total. The fraction of sp³-hybridized carbons (Fsp3) is 0.792. The fourth-order valence-corrected chi connectivity index (χ4v) is 8.70. The van der Waals surface area contributed by atoms with Crippen LogP contribution in [0.1, 0.15) is 70.3 Å². The van der Waals surface area contributed by atoms with Crippen LogP contribution in [0.5, 0.6) is 0 Å². The third kappa shape index (κ3) is 2.14. The van der Waals surface area contributed by atoms with E-state index in [1.54, 1.807) is 6.26 Å². The molecule has 5 nitrogen and oxygen atoms in total. The Morgan fingerprint density at radius 3 is 2.62 bits per heavy atom. The van der Waals surface area contributed by atoms with Gasteiger partial charge in [-0.1, -0.05) is 13.8 Å². The van der Waals surface area contributed by atoms with Gasteiger partial charge in [0.15, 0.2) is 0 Å². The monoisotopic (exact) mass is 400 g/mol. The largest absolute Gasteiger partial charge is 0.431 e. The molecule has 2 heterocycles. The number of fused-ring (bicyclic) bond motifs is 3. The van der Waals surface area contributed by atoms with E-state index < -0.39 is 6.10 Å². The van der Waals surface area contributed by atoms with Gasteiger partial charge >= 0.3 is 5.63 Å². The average Bonchev–Trinajstić information content (AvgIpc) is 3.35. The second-order valence-electron chi connectivity index (χ2n) is 11.0. The van der Waals surface area contributed by atoms with Gasteiger partial charge in [-0.15, -0.1) is 0 Å². The van der Waals surface area contributed by atoms with Crippen LogP contribution < -0.4 is 5.63 Å². The van der Waals surface area contributed by atoms with E-state index >= 15 is 0 Å². The van der Waals surface area contributed by atoms with Crippen molar-refractivity contribution in [2.24, 2.45) is 28.6 Å². The molecule has 0 amide bonds. The Morgan fingerprint density at radius 1 is 1.03 bits per heavy atom. The topological polar surface area (TPSA) is 83.2 Å². The Hall–Kier alpha value is -1.17. The van der Waals surface area contributed by atoms with Gasteiger partial charge in [-0.2, -0.15) is 0 Å². The van der Waals surface area contributed by atoms with Crippen LogP contribution >= 0.6 is 0 Å². The van der Waals surface area contributed by atoms with Crippen LogP contribution in [-0.2, 0) is 4.74 Å². The third-order valence-electron chi connectivity index (χ3n) is 10.3. The van der Waals surface area contributed by atoms with Gasteiger partial charge in [0.1, 0.15) is 5.60 Å². The molecule has 1 aromatic rings. The van der Waals surface area contributed by atoms with Crippen molar-refractivity contribution < 1.29 is 19.4 Å². The number of aliphatic hydroxyl groups is 2. The summed E-state index contributed by atoms with van der Waals surface area (Å²) in [7, 11) is 0. The number of epoxide rings is 1. The Balaban J connectivity index is 1.39. The van der Waals surface area contributed by atoms with E-state index in [9.17, 15) is 15.0 Å². The molecule has 4 aliphatic carbocycles. The Morgan fingerprint density at radius 2 is 1.86 bits per heavy atom. The second kappa shape index (κ2) is 5.74. The maximum atomic E-state index is 11.6. The van der Waals surface area contributed by atoms with E-state index in [0.717, 1.165) is 50.5 Å². The molecule has 1 aliphatic heterocycles. The maximum Gasteiger partial charge on any atom is 0.335 e. The lowest BCUT2D eigenvalue weighted by Crippen LogP contribution is -2.63. The predicted molar refractivity (Wildman–Crippen MR) is 106 cm³/mol. The Labute approximate surface area is 171 Å². The van der Waals surface area contributed by atoms with Crippen molar-refractivity contribution in [1.29, 1.82) is 0 Å². The van der Waals surface area contributed by atoms with E-state index in [2.05, 4.69) is 13.8 Å². The standard InChI is InChI=1S/C24H32O5/c1-22-8-7-15(25)9-14(22)4-5-16-18(22)10-19(26)23(2)17(11-20-24(16,23)29-20)13-3-6-21(27)28-12-13/h3,6,12,14-20,25-26H,4-5,7-11H2,1-2H3/t14-,15+,16-,17-,18+,19+,20-,22+,23+,24-/m1/s1. The lowest BCUT2D eigenvalue weighted by molar-refractivity contribution is -0.182. The minimum Gasteiger partial charge on any atom is -0.431 e. The molecular weight excluding hydrogens is 368 g/mol. The summed E-state index contributed by atoms with van der Waals surface area (Å²) >= 11 is 0. The van der Waals surface area contributed by atoms with Crippen molar-refractivity contribution in [2.75, 3.05) is 0 Å². The first kappa shape index (κ1) is 18.6. The molecular formula is C24H32O5. The lowest BCUT2D eigenvalue weighted by atomic mass is 9.43. The molecule has 1 spiro atoms. The highest BCUT2D eigenvalue weighted by atomic mass is 16.6. The molecule has 4 saturated carbocycles. The molecule has 0 bridgehead atoms. The Kier molecular flexibility index (Phi) is 3.68. The molecule has 6 rings (SSSR count). The highest BCUT2D eigenvalue weighted by Crippen LogP contribution is 2.77. The van der Waals surface area contributed by atoms with Crippen molar-refractivity contribution in [3.8, 4) is 0 Å². The molecule has 5 heteroatoms. The average molecular weight is 401 g/mol. The first-order valence-corrected chi connectivity index (χ1v) is 11.4. The smallest absolute Gasteiger partial charge is 0.335 e. The van der Waals surface area contributed by atoms with E-state index in [0.29, 0.717) is 17.8 Å². The van der Waals surface area contributed by atoms with Crippen LogP contribution in [-0.4, -0.2) is 34.1 Å². The molecule has 1 aromatic heterocycles. The van der Waals surface area contributed by atoms with Crippen LogP contribution in [0.25, 0.3) is 0 Å². The SMILES string of the molecule is C[C@]12CC[C@H](O)C[C@H]1CC[C@@H]1[C@@H]2C[C@H](O)[C@]2(C)[C@@H](c3ccc(=O)oc3)C[C@H]3O[C@]132. The first-order valence-electron chi connectivity index (χ1n) is 11.4. The van der Waals surface area contributed by atoms with Gasteiger partial charge in [-0.05, 0) is 79.7 Å². The van der Waals surface area contributed by atoms with Crippen LogP contribution in [0.15, 0.2) is 27.6 Å². The summed E-state index contributed by atoms with van der Waals surface area (Å²) in [6.07, 6.45) is 8.04. The van der Waals surface area contributed by atoms with Gasteiger partial charge in [0.25, 0.3) is 0 Å². The first-order chi connectivity index (χ1) is 13.8. The molecule has 5 aliphatic rings. The van der Waals surface area contributed by atoms with Crippen LogP contribution in [0, 0.1) is 28.6 Å². The van der Waals surface area contributed by atoms with Gasteiger partial charge in [-0.3, -0.25) is 0 Å². The van der Waals surface area contributed by atoms with Crippen LogP contribution in [0.2, 0.25) is 0 Å². The minimum absolute atomic E-state index is 0.153. The summed E-state index contributed by atoms with van der Waals surface area (Å²) in [5.74, 6) is 1.63. The number of rotatable bonds is 1. The van der Waals surface area contributed by atoms with Gasteiger partial charge < -0.3 is 19.4 Å². The lowest BCUT2D eigenvalue weighted by Gasteiger charge is -2.62. The zero-order chi connectivity index (χ0) is 20.2. The van der Waals surface area contributed by atoms with Crippen molar-refractivity contribution in [3.63, 3.8) is 0 Å². The highest BCUT2D eigenvalue weighted by molar-refractivity contribution is 5.36. The molecule has 0 aromatic carbocycles. The molecule has 0 radical (unpaired) electrons. The molecule has 158 valence electrons. The zero-order valence-corrected chi connectivity index (χ0v) is 17.3. The fourth-order valence-electron chi connectivity index (χ4n) is 8.70. The zero-order valence-electron chi connectivity index (χ0n) is 17.3. The quantitative estimate of drug-likeness (QED) is 0.707. The van der Waals surface area contributed by atoms with Gasteiger partial charge in [0.05, 0.1) is 24.6 Å². The second-order valence-corrected chi connectivity index (χ2v) is 11.0. The van der Waals surface area contributed by atoms with Gasteiger partial charge in [0.2, 0.25) is 0 Å². The van der Waals surface area contributed by atoms with E-state index in [1.807, 2.05) is 6.07 Å². The van der Waals surface area contributed by atoms with Crippen LogP contribution in [0.3, 0.4) is 0 Å². The third-order valence-corrected chi connectivity index (χ3v) is 10.3. The number of hydrogen-bond donors (Lipinski definition) is 2. The predicted octanol–water partition coefficient (Wildman–Crippen LogP) is 3.23. The van der Waals surface area contributed by atoms with Crippen molar-refractivity contribution in [1.82, 2.24) is 0 Å². The molecule has 10 atom stereocenters. The summed E-state index contributed by atoms with van der Waals surface area (Å²) in [5, 5.41) is 21.8. The summed E-state index contributed by atoms with van der Waals surface area (Å²) < 4.78 is 11.7. The number of aliphatic hydroxyl groups excluding tert-OH is 2. The normalized spacial score (nSPS) is 55.4. The molecule has 29 heavy (non-hydrogen) atoms. The summed E-state index contributed by atoms with van der Waals surface area (Å²) in [6.45, 7) is 4.64. The summed E-state index contributed by atoms with van der Waals surface area (Å²) in [6, 6.07) is 3.37. The molecule has 1 saturated heterocycles. The van der Waals surface area contributed by atoms with Gasteiger partial charge in [0, 0.05) is 17.4 Å².